The van der Waals surface area contributed by atoms with Crippen LogP contribution in [0.15, 0.2) is 59.1 Å². The molecule has 0 aliphatic carbocycles. The van der Waals surface area contributed by atoms with Gasteiger partial charge in [0.15, 0.2) is 0 Å². The standard InChI is InChI=1S/C21H19N3O4/c1-27-17-9-7-14(8-10-17)18-13-19(28-23-18)21(26)22-15-4-2-5-16(12-15)24-11-3-6-20(24)25/h2,4-5,7-10,12-13H,3,6,11H2,1H3,(H,22,26). The molecule has 28 heavy (non-hydrogen) atoms. The highest BCUT2D eigenvalue weighted by Gasteiger charge is 2.22. The van der Waals surface area contributed by atoms with Crippen molar-refractivity contribution < 1.29 is 18.8 Å². The zero-order valence-electron chi connectivity index (χ0n) is 15.3. The van der Waals surface area contributed by atoms with Gasteiger partial charge in [0, 0.05) is 36.0 Å². The highest BCUT2D eigenvalue weighted by molar-refractivity contribution is 6.03. The van der Waals surface area contributed by atoms with E-state index in [0.717, 1.165) is 23.4 Å². The Morgan fingerprint density at radius 2 is 2.00 bits per heavy atom. The first-order valence-corrected chi connectivity index (χ1v) is 8.97. The van der Waals surface area contributed by atoms with Crippen LogP contribution in [0.4, 0.5) is 11.4 Å². The van der Waals surface area contributed by atoms with Crippen LogP contribution in [0.1, 0.15) is 23.4 Å². The highest BCUT2D eigenvalue weighted by Crippen LogP contribution is 2.25. The first kappa shape index (κ1) is 17.8. The van der Waals surface area contributed by atoms with Gasteiger partial charge in [-0.3, -0.25) is 9.59 Å². The Balaban J connectivity index is 1.48. The van der Waals surface area contributed by atoms with Gasteiger partial charge < -0.3 is 19.5 Å². The molecular weight excluding hydrogens is 358 g/mol. The zero-order chi connectivity index (χ0) is 19.5. The molecule has 3 aromatic rings. The van der Waals surface area contributed by atoms with Crippen molar-refractivity contribution in [2.24, 2.45) is 0 Å². The molecule has 0 bridgehead atoms. The number of hydrogen-bond donors (Lipinski definition) is 1. The Morgan fingerprint density at radius 1 is 1.18 bits per heavy atom. The van der Waals surface area contributed by atoms with Gasteiger partial charge in [0.2, 0.25) is 11.7 Å². The van der Waals surface area contributed by atoms with Crippen molar-refractivity contribution in [2.75, 3.05) is 23.9 Å². The number of nitrogens with zero attached hydrogens (tertiary/aromatic N) is 2. The summed E-state index contributed by atoms with van der Waals surface area (Å²) < 4.78 is 10.3. The van der Waals surface area contributed by atoms with Crippen molar-refractivity contribution in [2.45, 2.75) is 12.8 Å². The van der Waals surface area contributed by atoms with Gasteiger partial charge in [-0.05, 0) is 48.9 Å². The molecular formula is C21H19N3O4. The Kier molecular flexibility index (Phi) is 4.80. The maximum atomic E-state index is 12.5. The van der Waals surface area contributed by atoms with E-state index in [1.807, 2.05) is 30.3 Å². The summed E-state index contributed by atoms with van der Waals surface area (Å²) in [6, 6.07) is 16.1. The molecule has 0 atom stereocenters. The van der Waals surface area contributed by atoms with Crippen LogP contribution in [0.3, 0.4) is 0 Å². The van der Waals surface area contributed by atoms with Crippen LogP contribution >= 0.6 is 0 Å². The van der Waals surface area contributed by atoms with Gasteiger partial charge in [-0.15, -0.1) is 0 Å². The number of anilines is 2. The van der Waals surface area contributed by atoms with Crippen LogP contribution in [-0.4, -0.2) is 30.6 Å². The lowest BCUT2D eigenvalue weighted by atomic mass is 10.1. The Hall–Kier alpha value is -3.61. The molecule has 2 heterocycles. The summed E-state index contributed by atoms with van der Waals surface area (Å²) in [5, 5.41) is 6.75. The fourth-order valence-electron chi connectivity index (χ4n) is 3.15. The molecule has 7 nitrogen and oxygen atoms in total. The molecule has 0 spiro atoms. The molecule has 2 aromatic carbocycles. The maximum absolute atomic E-state index is 12.5. The summed E-state index contributed by atoms with van der Waals surface area (Å²) >= 11 is 0. The second-order valence-corrected chi connectivity index (χ2v) is 6.46. The molecule has 1 aliphatic heterocycles. The van der Waals surface area contributed by atoms with Gasteiger partial charge in [0.25, 0.3) is 5.91 Å². The average molecular weight is 377 g/mol. The van der Waals surface area contributed by atoms with Crippen molar-refractivity contribution >= 4 is 23.2 Å². The van der Waals surface area contributed by atoms with Crippen LogP contribution in [0.2, 0.25) is 0 Å². The molecule has 142 valence electrons. The molecule has 2 amide bonds. The number of ether oxygens (including phenoxy) is 1. The van der Waals surface area contributed by atoms with Crippen molar-refractivity contribution in [3.8, 4) is 17.0 Å². The Morgan fingerprint density at radius 3 is 2.71 bits per heavy atom. The topological polar surface area (TPSA) is 84.7 Å². The molecule has 1 aliphatic rings. The lowest BCUT2D eigenvalue weighted by Gasteiger charge is -2.16. The van der Waals surface area contributed by atoms with Crippen molar-refractivity contribution in [3.63, 3.8) is 0 Å². The third kappa shape index (κ3) is 3.59. The summed E-state index contributed by atoms with van der Waals surface area (Å²) in [5.74, 6) is 0.537. The van der Waals surface area contributed by atoms with Crippen molar-refractivity contribution in [3.05, 3.63) is 60.4 Å². The number of rotatable bonds is 5. The third-order valence-corrected chi connectivity index (χ3v) is 4.61. The first-order chi connectivity index (χ1) is 13.6. The van der Waals surface area contributed by atoms with Gasteiger partial charge in [0.1, 0.15) is 11.4 Å². The van der Waals surface area contributed by atoms with Crippen LogP contribution < -0.4 is 15.0 Å². The number of amides is 2. The monoisotopic (exact) mass is 377 g/mol. The van der Waals surface area contributed by atoms with E-state index in [0.29, 0.717) is 24.3 Å². The number of carbonyl (C=O) groups excluding carboxylic acids is 2. The second kappa shape index (κ2) is 7.56. The predicted molar refractivity (Wildman–Crippen MR) is 104 cm³/mol. The fourth-order valence-corrected chi connectivity index (χ4v) is 3.15. The number of nitrogens with one attached hydrogen (secondary N) is 1. The van der Waals surface area contributed by atoms with Crippen LogP contribution in [0.5, 0.6) is 5.75 Å². The molecule has 1 aromatic heterocycles. The molecule has 0 unspecified atom stereocenters. The number of methoxy groups -OCH3 is 1. The minimum atomic E-state index is -0.405. The van der Waals surface area contributed by atoms with Gasteiger partial charge in [-0.25, -0.2) is 0 Å². The van der Waals surface area contributed by atoms with Gasteiger partial charge >= 0.3 is 0 Å². The van der Waals surface area contributed by atoms with Crippen LogP contribution in [0, 0.1) is 0 Å². The van der Waals surface area contributed by atoms with E-state index in [2.05, 4.69) is 10.5 Å². The summed E-state index contributed by atoms with van der Waals surface area (Å²) in [5.41, 5.74) is 2.74. The summed E-state index contributed by atoms with van der Waals surface area (Å²) in [6.07, 6.45) is 1.41. The minimum absolute atomic E-state index is 0.0999. The van der Waals surface area contributed by atoms with Gasteiger partial charge in [-0.2, -0.15) is 0 Å². The van der Waals surface area contributed by atoms with Gasteiger partial charge in [-0.1, -0.05) is 11.2 Å². The van der Waals surface area contributed by atoms with Crippen molar-refractivity contribution in [1.82, 2.24) is 5.16 Å². The van der Waals surface area contributed by atoms with Gasteiger partial charge in [0.05, 0.1) is 7.11 Å². The molecule has 1 fully saturated rings. The molecule has 1 N–H and O–H groups in total. The third-order valence-electron chi connectivity index (χ3n) is 4.61. The van der Waals surface area contributed by atoms with Crippen LogP contribution in [0.25, 0.3) is 11.3 Å². The van der Waals surface area contributed by atoms with E-state index in [9.17, 15) is 9.59 Å². The largest absolute Gasteiger partial charge is 0.497 e. The van der Waals surface area contributed by atoms with Crippen molar-refractivity contribution in [1.29, 1.82) is 0 Å². The smallest absolute Gasteiger partial charge is 0.294 e. The highest BCUT2D eigenvalue weighted by atomic mass is 16.5. The minimum Gasteiger partial charge on any atom is -0.497 e. The lowest BCUT2D eigenvalue weighted by molar-refractivity contribution is -0.117. The summed E-state index contributed by atoms with van der Waals surface area (Å²) in [4.78, 5) is 26.2. The van der Waals surface area contributed by atoms with E-state index in [-0.39, 0.29) is 11.7 Å². The Labute approximate surface area is 161 Å². The fraction of sp³-hybridized carbons (Fsp3) is 0.190. The molecule has 0 radical (unpaired) electrons. The number of benzene rings is 2. The number of hydrogen-bond acceptors (Lipinski definition) is 5. The van der Waals surface area contributed by atoms with E-state index in [4.69, 9.17) is 9.26 Å². The van der Waals surface area contributed by atoms with E-state index >= 15 is 0 Å². The molecule has 1 saturated heterocycles. The maximum Gasteiger partial charge on any atom is 0.294 e. The summed E-state index contributed by atoms with van der Waals surface area (Å²) in [6.45, 7) is 0.698. The SMILES string of the molecule is COc1ccc(-c2cc(C(=O)Nc3cccc(N4CCCC4=O)c3)on2)cc1. The van der Waals surface area contributed by atoms with E-state index < -0.39 is 5.91 Å². The normalized spacial score (nSPS) is 13.6. The molecule has 7 heteroatoms. The predicted octanol–water partition coefficient (Wildman–Crippen LogP) is 3.73. The Bertz CT molecular complexity index is 1010. The molecule has 4 rings (SSSR count). The quantitative estimate of drug-likeness (QED) is 0.732. The zero-order valence-corrected chi connectivity index (χ0v) is 15.3. The second-order valence-electron chi connectivity index (χ2n) is 6.46. The molecule has 0 saturated carbocycles. The first-order valence-electron chi connectivity index (χ1n) is 8.97. The average Bonchev–Trinajstić information content (AvgIpc) is 3.38. The van der Waals surface area contributed by atoms with E-state index in [1.165, 1.54) is 0 Å². The lowest BCUT2D eigenvalue weighted by Crippen LogP contribution is -2.23. The van der Waals surface area contributed by atoms with Crippen LogP contribution in [-0.2, 0) is 4.79 Å². The summed E-state index contributed by atoms with van der Waals surface area (Å²) in [7, 11) is 1.60. The van der Waals surface area contributed by atoms with E-state index in [1.54, 1.807) is 36.3 Å². The number of carbonyl (C=O) groups is 2. The number of aromatic nitrogens is 1.